The quantitative estimate of drug-likeness (QED) is 0.589. The minimum Gasteiger partial charge on any atom is -0.381 e. The van der Waals surface area contributed by atoms with Gasteiger partial charge in [0, 0.05) is 11.6 Å². The number of pyridine rings is 1. The molecule has 0 saturated carbocycles. The van der Waals surface area contributed by atoms with Gasteiger partial charge >= 0.3 is 18.1 Å². The maximum atomic E-state index is 11.9. The molecule has 1 aromatic carbocycles. The molecule has 0 amide bonds. The van der Waals surface area contributed by atoms with Crippen LogP contribution in [0.1, 0.15) is 10.5 Å². The number of carbonyl (C=O) groups excluding carboxylic acids is 2. The number of halogens is 3. The van der Waals surface area contributed by atoms with Crippen LogP contribution in [0.5, 0.6) is 0 Å². The van der Waals surface area contributed by atoms with Gasteiger partial charge < -0.3 is 4.74 Å². The van der Waals surface area contributed by atoms with Crippen LogP contribution in [0.4, 0.5) is 13.2 Å². The van der Waals surface area contributed by atoms with Gasteiger partial charge in [-0.3, -0.25) is 0 Å². The average Bonchev–Trinajstić information content (AvgIpc) is 2.37. The Morgan fingerprint density at radius 1 is 1.11 bits per heavy atom. The van der Waals surface area contributed by atoms with E-state index < -0.39 is 18.1 Å². The lowest BCUT2D eigenvalue weighted by Crippen LogP contribution is -2.28. The largest absolute Gasteiger partial charge is 0.491 e. The smallest absolute Gasteiger partial charge is 0.381 e. The van der Waals surface area contributed by atoms with E-state index >= 15 is 0 Å². The maximum Gasteiger partial charge on any atom is 0.491 e. The molecule has 0 radical (unpaired) electrons. The van der Waals surface area contributed by atoms with E-state index in [0.29, 0.717) is 10.8 Å². The molecular formula is C12H6F3NO3. The highest BCUT2D eigenvalue weighted by Crippen LogP contribution is 2.18. The molecule has 1 aromatic heterocycles. The first-order valence-corrected chi connectivity index (χ1v) is 5.06. The first-order valence-electron chi connectivity index (χ1n) is 5.06. The topological polar surface area (TPSA) is 56.3 Å². The lowest BCUT2D eigenvalue weighted by molar-refractivity contribution is -0.193. The van der Waals surface area contributed by atoms with Gasteiger partial charge in [-0.05, 0) is 11.5 Å². The second-order valence-electron chi connectivity index (χ2n) is 3.59. The second-order valence-corrected chi connectivity index (χ2v) is 3.59. The molecule has 0 N–H and O–H groups in total. The Bertz CT molecular complexity index is 652. The number of alkyl halides is 3. The number of hydrogen-bond donors (Lipinski definition) is 0. The predicted molar refractivity (Wildman–Crippen MR) is 58.2 cm³/mol. The van der Waals surface area contributed by atoms with Gasteiger partial charge in [0.2, 0.25) is 0 Å². The molecule has 2 aromatic rings. The SMILES string of the molecule is O=C(OC(=O)C(F)(F)F)c1cc2ccccc2cn1. The number of ether oxygens (including phenoxy) is 1. The Balaban J connectivity index is 2.25. The van der Waals surface area contributed by atoms with E-state index in [1.165, 1.54) is 12.3 Å². The van der Waals surface area contributed by atoms with Crippen molar-refractivity contribution < 1.29 is 27.5 Å². The van der Waals surface area contributed by atoms with Crippen molar-refractivity contribution in [2.24, 2.45) is 0 Å². The summed E-state index contributed by atoms with van der Waals surface area (Å²) in [6, 6.07) is 8.06. The van der Waals surface area contributed by atoms with Crippen LogP contribution >= 0.6 is 0 Å². The number of carbonyl (C=O) groups is 2. The molecule has 0 atom stereocenters. The number of esters is 2. The van der Waals surface area contributed by atoms with E-state index in [0.717, 1.165) is 0 Å². The molecule has 4 nitrogen and oxygen atoms in total. The zero-order valence-corrected chi connectivity index (χ0v) is 9.27. The summed E-state index contributed by atoms with van der Waals surface area (Å²) in [6.07, 6.45) is -3.91. The summed E-state index contributed by atoms with van der Waals surface area (Å²) in [6.45, 7) is 0. The van der Waals surface area contributed by atoms with E-state index in [9.17, 15) is 22.8 Å². The van der Waals surface area contributed by atoms with Crippen molar-refractivity contribution in [3.05, 3.63) is 42.2 Å². The van der Waals surface area contributed by atoms with Crippen LogP contribution in [0.3, 0.4) is 0 Å². The van der Waals surface area contributed by atoms with Crippen LogP contribution in [0.25, 0.3) is 10.8 Å². The zero-order chi connectivity index (χ0) is 14.0. The number of aromatic nitrogens is 1. The first kappa shape index (κ1) is 13.0. The fraction of sp³-hybridized carbons (Fsp3) is 0.0833. The standard InChI is InChI=1S/C12H6F3NO3/c13-12(14,15)11(18)19-10(17)9-5-7-3-1-2-4-8(7)6-16-9/h1-6H. The van der Waals surface area contributed by atoms with Crippen LogP contribution in [0, 0.1) is 0 Å². The van der Waals surface area contributed by atoms with Crippen LogP contribution < -0.4 is 0 Å². The molecule has 0 bridgehead atoms. The molecule has 0 aliphatic heterocycles. The molecule has 2 rings (SSSR count). The highest BCUT2D eigenvalue weighted by atomic mass is 19.4. The van der Waals surface area contributed by atoms with E-state index in [-0.39, 0.29) is 5.69 Å². The van der Waals surface area contributed by atoms with Gasteiger partial charge in [0.25, 0.3) is 0 Å². The van der Waals surface area contributed by atoms with Crippen LogP contribution in [0.15, 0.2) is 36.5 Å². The van der Waals surface area contributed by atoms with Gasteiger partial charge in [-0.2, -0.15) is 13.2 Å². The van der Waals surface area contributed by atoms with Crippen LogP contribution in [0.2, 0.25) is 0 Å². The average molecular weight is 269 g/mol. The minimum atomic E-state index is -5.22. The van der Waals surface area contributed by atoms with E-state index in [4.69, 9.17) is 0 Å². The summed E-state index contributed by atoms with van der Waals surface area (Å²) in [5.74, 6) is -4.00. The third-order valence-electron chi connectivity index (χ3n) is 2.26. The maximum absolute atomic E-state index is 11.9. The molecule has 7 heteroatoms. The summed E-state index contributed by atoms with van der Waals surface area (Å²) in [4.78, 5) is 25.5. The predicted octanol–water partition coefficient (Wildman–Crippen LogP) is 2.48. The van der Waals surface area contributed by atoms with Crippen molar-refractivity contribution in [1.29, 1.82) is 0 Å². The second kappa shape index (κ2) is 4.68. The molecule has 1 heterocycles. The fourth-order valence-electron chi connectivity index (χ4n) is 1.39. The van der Waals surface area contributed by atoms with Crippen molar-refractivity contribution >= 4 is 22.7 Å². The highest BCUT2D eigenvalue weighted by molar-refractivity contribution is 5.99. The normalized spacial score (nSPS) is 11.3. The lowest BCUT2D eigenvalue weighted by atomic mass is 10.1. The molecule has 0 saturated heterocycles. The number of benzene rings is 1. The monoisotopic (exact) mass is 269 g/mol. The Hall–Kier alpha value is -2.44. The third kappa shape index (κ3) is 2.87. The molecule has 0 unspecified atom stereocenters. The molecule has 0 aliphatic rings. The van der Waals surface area contributed by atoms with Crippen molar-refractivity contribution in [3.8, 4) is 0 Å². The van der Waals surface area contributed by atoms with Crippen LogP contribution in [-0.4, -0.2) is 23.1 Å². The minimum absolute atomic E-state index is 0.365. The van der Waals surface area contributed by atoms with Gasteiger partial charge in [-0.15, -0.1) is 0 Å². The molecule has 0 spiro atoms. The van der Waals surface area contributed by atoms with E-state index in [1.807, 2.05) is 0 Å². The third-order valence-corrected chi connectivity index (χ3v) is 2.26. The fourth-order valence-corrected chi connectivity index (χ4v) is 1.39. The molecule has 0 fully saturated rings. The summed E-state index contributed by atoms with van der Waals surface area (Å²) in [5, 5.41) is 1.31. The number of rotatable bonds is 1. The van der Waals surface area contributed by atoms with Crippen molar-refractivity contribution in [3.63, 3.8) is 0 Å². The first-order chi connectivity index (χ1) is 8.88. The van der Waals surface area contributed by atoms with Crippen molar-refractivity contribution in [2.45, 2.75) is 6.18 Å². The highest BCUT2D eigenvalue weighted by Gasteiger charge is 2.42. The lowest BCUT2D eigenvalue weighted by Gasteiger charge is -2.05. The Morgan fingerprint density at radius 3 is 2.37 bits per heavy atom. The number of nitrogens with zero attached hydrogens (tertiary/aromatic N) is 1. The zero-order valence-electron chi connectivity index (χ0n) is 9.27. The van der Waals surface area contributed by atoms with E-state index in [2.05, 4.69) is 9.72 Å². The number of hydrogen-bond acceptors (Lipinski definition) is 4. The van der Waals surface area contributed by atoms with Gasteiger partial charge in [-0.25, -0.2) is 14.6 Å². The summed E-state index contributed by atoms with van der Waals surface area (Å²) in [5.41, 5.74) is -0.365. The van der Waals surface area contributed by atoms with Crippen molar-refractivity contribution in [1.82, 2.24) is 4.98 Å². The van der Waals surface area contributed by atoms with Gasteiger partial charge in [0.05, 0.1) is 0 Å². The van der Waals surface area contributed by atoms with Crippen molar-refractivity contribution in [2.75, 3.05) is 0 Å². The summed E-state index contributed by atoms with van der Waals surface area (Å²) in [7, 11) is 0. The van der Waals surface area contributed by atoms with Gasteiger partial charge in [0.1, 0.15) is 5.69 Å². The van der Waals surface area contributed by atoms with Gasteiger partial charge in [0.15, 0.2) is 0 Å². The molecule has 0 aliphatic carbocycles. The summed E-state index contributed by atoms with van der Waals surface area (Å²) >= 11 is 0. The molecular weight excluding hydrogens is 263 g/mol. The number of fused-ring (bicyclic) bond motifs is 1. The molecule has 19 heavy (non-hydrogen) atoms. The Kier molecular flexibility index (Phi) is 3.20. The van der Waals surface area contributed by atoms with Gasteiger partial charge in [-0.1, -0.05) is 24.3 Å². The Labute approximate surface area is 104 Å². The van der Waals surface area contributed by atoms with Crippen LogP contribution in [-0.2, 0) is 9.53 Å². The molecule has 98 valence electrons. The van der Waals surface area contributed by atoms with E-state index in [1.54, 1.807) is 24.3 Å². The summed E-state index contributed by atoms with van der Waals surface area (Å²) < 4.78 is 39.5. The Morgan fingerprint density at radius 2 is 1.74 bits per heavy atom.